The van der Waals surface area contributed by atoms with E-state index in [0.29, 0.717) is 5.56 Å². The van der Waals surface area contributed by atoms with Crippen LogP contribution in [0.25, 0.3) is 0 Å². The van der Waals surface area contributed by atoms with Crippen LogP contribution in [0.5, 0.6) is 0 Å². The second kappa shape index (κ2) is 4.79. The van der Waals surface area contributed by atoms with Crippen molar-refractivity contribution in [1.82, 2.24) is 0 Å². The van der Waals surface area contributed by atoms with Gasteiger partial charge in [0.25, 0.3) is 0 Å². The highest BCUT2D eigenvalue weighted by Gasteiger charge is 2.05. The number of primary amides is 1. The van der Waals surface area contributed by atoms with E-state index >= 15 is 0 Å². The fraction of sp³-hybridized carbons (Fsp3) is 0.0714. The van der Waals surface area contributed by atoms with Gasteiger partial charge in [0.05, 0.1) is 0 Å². The molecule has 0 spiro atoms. The molecule has 92 valence electrons. The summed E-state index contributed by atoms with van der Waals surface area (Å²) >= 11 is 0. The third kappa shape index (κ3) is 2.60. The number of benzene rings is 2. The van der Waals surface area contributed by atoms with Crippen LogP contribution in [0, 0.1) is 6.92 Å². The van der Waals surface area contributed by atoms with Crippen molar-refractivity contribution < 1.29 is 4.79 Å². The molecule has 0 aliphatic carbocycles. The summed E-state index contributed by atoms with van der Waals surface area (Å²) in [4.78, 5) is 11.1. The van der Waals surface area contributed by atoms with Gasteiger partial charge in [-0.2, -0.15) is 0 Å². The third-order valence-electron chi connectivity index (χ3n) is 2.69. The van der Waals surface area contributed by atoms with E-state index in [1.54, 1.807) is 6.07 Å². The van der Waals surface area contributed by atoms with Crippen molar-refractivity contribution in [3.8, 4) is 0 Å². The van der Waals surface area contributed by atoms with Gasteiger partial charge in [-0.3, -0.25) is 4.79 Å². The second-order valence-corrected chi connectivity index (χ2v) is 4.14. The average molecular weight is 241 g/mol. The number of nitrogens with one attached hydrogen (secondary N) is 1. The zero-order chi connectivity index (χ0) is 13.1. The van der Waals surface area contributed by atoms with Crippen LogP contribution in [0.4, 0.5) is 17.1 Å². The van der Waals surface area contributed by atoms with Crippen LogP contribution >= 0.6 is 0 Å². The lowest BCUT2D eigenvalue weighted by Crippen LogP contribution is -2.12. The number of nitrogens with two attached hydrogens (primary N) is 2. The van der Waals surface area contributed by atoms with Gasteiger partial charge in [0.2, 0.25) is 5.91 Å². The molecule has 1 amide bonds. The van der Waals surface area contributed by atoms with Crippen molar-refractivity contribution in [2.24, 2.45) is 5.73 Å². The van der Waals surface area contributed by atoms with Crippen LogP contribution in [0.1, 0.15) is 15.9 Å². The first-order valence-corrected chi connectivity index (χ1v) is 5.59. The first-order valence-electron chi connectivity index (χ1n) is 5.59. The summed E-state index contributed by atoms with van der Waals surface area (Å²) in [6.45, 7) is 1.86. The Labute approximate surface area is 106 Å². The van der Waals surface area contributed by atoms with Crippen molar-refractivity contribution >= 4 is 23.0 Å². The van der Waals surface area contributed by atoms with E-state index in [4.69, 9.17) is 11.5 Å². The number of amides is 1. The first-order chi connectivity index (χ1) is 8.56. The van der Waals surface area contributed by atoms with E-state index in [9.17, 15) is 4.79 Å². The van der Waals surface area contributed by atoms with Crippen LogP contribution in [0.2, 0.25) is 0 Å². The van der Waals surface area contributed by atoms with Crippen molar-refractivity contribution in [2.75, 3.05) is 11.1 Å². The molecular formula is C14H15N3O. The Kier molecular flexibility index (Phi) is 3.19. The molecule has 2 aromatic carbocycles. The molecule has 0 unspecified atom stereocenters. The second-order valence-electron chi connectivity index (χ2n) is 4.14. The number of hydrogen-bond donors (Lipinski definition) is 3. The standard InChI is InChI=1S/C14H15N3O/c1-9-8-12(6-7-13(9)14(16)18)17-11-4-2-10(15)3-5-11/h2-8,17H,15H2,1H3,(H2,16,18). The summed E-state index contributed by atoms with van der Waals surface area (Å²) in [5, 5.41) is 3.23. The molecule has 0 bridgehead atoms. The molecular weight excluding hydrogens is 226 g/mol. The zero-order valence-corrected chi connectivity index (χ0v) is 10.1. The topological polar surface area (TPSA) is 81.1 Å². The molecule has 5 N–H and O–H groups in total. The summed E-state index contributed by atoms with van der Waals surface area (Å²) in [5.41, 5.74) is 14.8. The maximum absolute atomic E-state index is 11.1. The molecule has 0 fully saturated rings. The van der Waals surface area contributed by atoms with Gasteiger partial charge in [0.15, 0.2) is 0 Å². The number of nitrogen functional groups attached to an aromatic ring is 1. The summed E-state index contributed by atoms with van der Waals surface area (Å²) < 4.78 is 0. The van der Waals surface area contributed by atoms with Crippen molar-refractivity contribution in [3.63, 3.8) is 0 Å². The highest BCUT2D eigenvalue weighted by atomic mass is 16.1. The third-order valence-corrected chi connectivity index (χ3v) is 2.69. The molecule has 2 aromatic rings. The van der Waals surface area contributed by atoms with Crippen molar-refractivity contribution in [2.45, 2.75) is 6.92 Å². The van der Waals surface area contributed by atoms with Crippen LogP contribution in [0.15, 0.2) is 42.5 Å². The van der Waals surface area contributed by atoms with Gasteiger partial charge in [0.1, 0.15) is 0 Å². The number of hydrogen-bond acceptors (Lipinski definition) is 3. The fourth-order valence-corrected chi connectivity index (χ4v) is 1.75. The normalized spacial score (nSPS) is 10.1. The molecule has 4 nitrogen and oxygen atoms in total. The van der Waals surface area contributed by atoms with Crippen molar-refractivity contribution in [1.29, 1.82) is 0 Å². The molecule has 0 heterocycles. The minimum absolute atomic E-state index is 0.411. The molecule has 0 atom stereocenters. The molecule has 4 heteroatoms. The highest BCUT2D eigenvalue weighted by molar-refractivity contribution is 5.94. The van der Waals surface area contributed by atoms with Gasteiger partial charge in [-0.15, -0.1) is 0 Å². The maximum Gasteiger partial charge on any atom is 0.248 e. The van der Waals surface area contributed by atoms with Gasteiger partial charge >= 0.3 is 0 Å². The molecule has 0 radical (unpaired) electrons. The predicted octanol–water partition coefficient (Wildman–Crippen LogP) is 2.42. The van der Waals surface area contributed by atoms with Gasteiger partial charge in [-0.1, -0.05) is 0 Å². The van der Waals surface area contributed by atoms with Gasteiger partial charge in [-0.05, 0) is 55.0 Å². The Morgan fingerprint density at radius 1 is 1.06 bits per heavy atom. The monoisotopic (exact) mass is 241 g/mol. The molecule has 0 saturated carbocycles. The number of aryl methyl sites for hydroxylation is 1. The number of anilines is 3. The minimum atomic E-state index is -0.411. The molecule has 0 saturated heterocycles. The Bertz CT molecular complexity index is 576. The Morgan fingerprint density at radius 2 is 1.67 bits per heavy atom. The maximum atomic E-state index is 11.1. The Balaban J connectivity index is 2.22. The molecule has 0 aliphatic rings. The summed E-state index contributed by atoms with van der Waals surface area (Å²) in [5.74, 6) is -0.411. The van der Waals surface area contributed by atoms with Crippen LogP contribution in [0.3, 0.4) is 0 Å². The fourth-order valence-electron chi connectivity index (χ4n) is 1.75. The van der Waals surface area contributed by atoms with Crippen molar-refractivity contribution in [3.05, 3.63) is 53.6 Å². The minimum Gasteiger partial charge on any atom is -0.399 e. The van der Waals surface area contributed by atoms with E-state index in [1.165, 1.54) is 0 Å². The predicted molar refractivity (Wildman–Crippen MR) is 73.8 cm³/mol. The van der Waals surface area contributed by atoms with E-state index in [1.807, 2.05) is 43.3 Å². The summed E-state index contributed by atoms with van der Waals surface area (Å²) in [7, 11) is 0. The SMILES string of the molecule is Cc1cc(Nc2ccc(N)cc2)ccc1C(N)=O. The van der Waals surface area contributed by atoms with Crippen LogP contribution in [-0.4, -0.2) is 5.91 Å². The summed E-state index contributed by atoms with van der Waals surface area (Å²) in [6, 6.07) is 12.9. The lowest BCUT2D eigenvalue weighted by Gasteiger charge is -2.09. The molecule has 0 aromatic heterocycles. The first kappa shape index (κ1) is 12.0. The van der Waals surface area contributed by atoms with Crippen LogP contribution in [-0.2, 0) is 0 Å². The molecule has 2 rings (SSSR count). The lowest BCUT2D eigenvalue weighted by atomic mass is 10.1. The highest BCUT2D eigenvalue weighted by Crippen LogP contribution is 2.20. The van der Waals surface area contributed by atoms with E-state index < -0.39 is 5.91 Å². The number of rotatable bonds is 3. The quantitative estimate of drug-likeness (QED) is 0.722. The molecule has 0 aliphatic heterocycles. The Morgan fingerprint density at radius 3 is 2.22 bits per heavy atom. The lowest BCUT2D eigenvalue weighted by molar-refractivity contribution is 0.1000. The largest absolute Gasteiger partial charge is 0.399 e. The van der Waals surface area contributed by atoms with Gasteiger partial charge < -0.3 is 16.8 Å². The van der Waals surface area contributed by atoms with E-state index in [2.05, 4.69) is 5.32 Å². The average Bonchev–Trinajstić information content (AvgIpc) is 2.32. The van der Waals surface area contributed by atoms with E-state index in [0.717, 1.165) is 22.6 Å². The zero-order valence-electron chi connectivity index (χ0n) is 10.1. The Hall–Kier alpha value is -2.49. The van der Waals surface area contributed by atoms with E-state index in [-0.39, 0.29) is 0 Å². The smallest absolute Gasteiger partial charge is 0.248 e. The number of carbonyl (C=O) groups excluding carboxylic acids is 1. The molecule has 18 heavy (non-hydrogen) atoms. The number of carbonyl (C=O) groups is 1. The van der Waals surface area contributed by atoms with Crippen LogP contribution < -0.4 is 16.8 Å². The summed E-state index contributed by atoms with van der Waals surface area (Å²) in [6.07, 6.45) is 0. The van der Waals surface area contributed by atoms with Gasteiger partial charge in [-0.25, -0.2) is 0 Å². The van der Waals surface area contributed by atoms with Gasteiger partial charge in [0, 0.05) is 22.6 Å².